The summed E-state index contributed by atoms with van der Waals surface area (Å²) < 4.78 is 5.47. The maximum atomic E-state index is 11.9. The van der Waals surface area contributed by atoms with E-state index in [1.54, 1.807) is 0 Å². The predicted octanol–water partition coefficient (Wildman–Crippen LogP) is 9.86. The molecule has 0 unspecified atom stereocenters. The molecule has 1 aliphatic carbocycles. The number of ether oxygens (including phenoxy) is 1. The molecular formula is C32H46O2. The minimum atomic E-state index is -0.132. The maximum absolute atomic E-state index is 11.9. The Kier molecular flexibility index (Phi) is 11.7. The van der Waals surface area contributed by atoms with Crippen LogP contribution in [-0.2, 0) is 4.79 Å². The van der Waals surface area contributed by atoms with Gasteiger partial charge in [-0.15, -0.1) is 0 Å². The van der Waals surface area contributed by atoms with E-state index in [0.29, 0.717) is 12.2 Å². The lowest BCUT2D eigenvalue weighted by Gasteiger charge is -2.29. The molecule has 0 amide bonds. The third-order valence-corrected chi connectivity index (χ3v) is 7.60. The van der Waals surface area contributed by atoms with Crippen molar-refractivity contribution >= 4 is 5.97 Å². The van der Waals surface area contributed by atoms with E-state index in [4.69, 9.17) is 4.74 Å². The Hall–Kier alpha value is -2.09. The molecule has 34 heavy (non-hydrogen) atoms. The third kappa shape index (κ3) is 8.93. The van der Waals surface area contributed by atoms with E-state index in [-0.39, 0.29) is 5.97 Å². The first kappa shape index (κ1) is 26.5. The molecule has 0 spiro atoms. The van der Waals surface area contributed by atoms with Crippen LogP contribution >= 0.6 is 0 Å². The Morgan fingerprint density at radius 1 is 0.706 bits per heavy atom. The Balaban J connectivity index is 1.41. The molecule has 2 aromatic rings. The molecule has 0 N–H and O–H groups in total. The normalized spacial score (nSPS) is 18.1. The summed E-state index contributed by atoms with van der Waals surface area (Å²) in [6, 6.07) is 17.1. The lowest BCUT2D eigenvalue weighted by atomic mass is 9.77. The van der Waals surface area contributed by atoms with Crippen molar-refractivity contribution in [3.05, 3.63) is 54.1 Å². The first-order chi connectivity index (χ1) is 16.7. The molecule has 1 aliphatic rings. The molecule has 0 atom stereocenters. The largest absolute Gasteiger partial charge is 0.427 e. The van der Waals surface area contributed by atoms with Gasteiger partial charge in [0.05, 0.1) is 0 Å². The second-order valence-electron chi connectivity index (χ2n) is 10.4. The van der Waals surface area contributed by atoms with Crippen molar-refractivity contribution in [3.63, 3.8) is 0 Å². The molecule has 0 radical (unpaired) electrons. The molecule has 0 bridgehead atoms. The lowest BCUT2D eigenvalue weighted by Crippen LogP contribution is -2.13. The Bertz CT molecular complexity index is 813. The summed E-state index contributed by atoms with van der Waals surface area (Å²) in [5.41, 5.74) is 3.89. The Morgan fingerprint density at radius 2 is 1.26 bits per heavy atom. The van der Waals surface area contributed by atoms with Gasteiger partial charge in [0.2, 0.25) is 0 Å². The summed E-state index contributed by atoms with van der Waals surface area (Å²) in [6.45, 7) is 4.43. The average molecular weight is 463 g/mol. The number of unbranched alkanes of at least 4 members (excludes halogenated alkanes) is 7. The van der Waals surface area contributed by atoms with E-state index in [1.807, 2.05) is 12.1 Å². The summed E-state index contributed by atoms with van der Waals surface area (Å²) in [7, 11) is 0. The zero-order valence-electron chi connectivity index (χ0n) is 21.7. The molecule has 2 aromatic carbocycles. The maximum Gasteiger partial charge on any atom is 0.311 e. The first-order valence-electron chi connectivity index (χ1n) is 14.1. The minimum absolute atomic E-state index is 0.132. The fourth-order valence-electron chi connectivity index (χ4n) is 5.36. The molecule has 2 heteroatoms. The first-order valence-corrected chi connectivity index (χ1v) is 14.1. The van der Waals surface area contributed by atoms with Crippen molar-refractivity contribution in [2.24, 2.45) is 5.92 Å². The van der Waals surface area contributed by atoms with Crippen molar-refractivity contribution in [3.8, 4) is 16.9 Å². The van der Waals surface area contributed by atoms with Crippen molar-refractivity contribution in [1.29, 1.82) is 0 Å². The minimum Gasteiger partial charge on any atom is -0.427 e. The van der Waals surface area contributed by atoms with Gasteiger partial charge in [-0.1, -0.05) is 108 Å². The fraction of sp³-hybridized carbons (Fsp3) is 0.594. The predicted molar refractivity (Wildman–Crippen MR) is 144 cm³/mol. The number of carbonyl (C=O) groups excluding carboxylic acids is 1. The van der Waals surface area contributed by atoms with Gasteiger partial charge < -0.3 is 4.74 Å². The molecule has 1 saturated carbocycles. The van der Waals surface area contributed by atoms with Crippen molar-refractivity contribution in [1.82, 2.24) is 0 Å². The van der Waals surface area contributed by atoms with Crippen LogP contribution in [-0.4, -0.2) is 5.97 Å². The Morgan fingerprint density at radius 3 is 1.91 bits per heavy atom. The van der Waals surface area contributed by atoms with Crippen LogP contribution in [0.5, 0.6) is 5.75 Å². The summed E-state index contributed by atoms with van der Waals surface area (Å²) in [5.74, 6) is 2.19. The van der Waals surface area contributed by atoms with Crippen LogP contribution in [0.25, 0.3) is 11.1 Å². The lowest BCUT2D eigenvalue weighted by molar-refractivity contribution is -0.134. The zero-order valence-corrected chi connectivity index (χ0v) is 21.7. The monoisotopic (exact) mass is 462 g/mol. The van der Waals surface area contributed by atoms with E-state index in [9.17, 15) is 4.79 Å². The fourth-order valence-corrected chi connectivity index (χ4v) is 5.36. The number of rotatable bonds is 14. The van der Waals surface area contributed by atoms with Crippen molar-refractivity contribution in [2.75, 3.05) is 0 Å². The molecule has 0 heterocycles. The molecule has 0 saturated heterocycles. The molecular weight excluding hydrogens is 416 g/mol. The molecule has 2 nitrogen and oxygen atoms in total. The summed E-state index contributed by atoms with van der Waals surface area (Å²) in [6.07, 6.45) is 19.0. The van der Waals surface area contributed by atoms with Crippen LogP contribution in [0.3, 0.4) is 0 Å². The second-order valence-corrected chi connectivity index (χ2v) is 10.4. The van der Waals surface area contributed by atoms with Gasteiger partial charge in [0.15, 0.2) is 0 Å². The van der Waals surface area contributed by atoms with Gasteiger partial charge in [-0.25, -0.2) is 0 Å². The Labute approximate surface area is 208 Å². The smallest absolute Gasteiger partial charge is 0.311 e. The molecule has 3 rings (SSSR count). The highest BCUT2D eigenvalue weighted by atomic mass is 16.5. The molecule has 0 aliphatic heterocycles. The van der Waals surface area contributed by atoms with Gasteiger partial charge in [0.25, 0.3) is 0 Å². The quantitative estimate of drug-likeness (QED) is 0.159. The van der Waals surface area contributed by atoms with Crippen molar-refractivity contribution < 1.29 is 9.53 Å². The standard InChI is InChI=1S/C32H46O2/c1-3-5-7-8-9-11-12-26-14-16-27(17-15-26)28-18-20-29(21-19-28)30-22-24-31(25-23-30)34-32(33)13-10-6-4-2/h18-27H,3-17H2,1-2H3. The topological polar surface area (TPSA) is 26.3 Å². The highest BCUT2D eigenvalue weighted by Gasteiger charge is 2.22. The van der Waals surface area contributed by atoms with E-state index in [1.165, 1.54) is 87.3 Å². The summed E-state index contributed by atoms with van der Waals surface area (Å²) >= 11 is 0. The molecule has 0 aromatic heterocycles. The zero-order chi connectivity index (χ0) is 24.0. The van der Waals surface area contributed by atoms with Crippen LogP contribution in [0, 0.1) is 5.92 Å². The van der Waals surface area contributed by atoms with Crippen LogP contribution < -0.4 is 4.74 Å². The van der Waals surface area contributed by atoms with E-state index in [2.05, 4.69) is 50.2 Å². The highest BCUT2D eigenvalue weighted by molar-refractivity contribution is 5.73. The van der Waals surface area contributed by atoms with Gasteiger partial charge in [-0.05, 0) is 72.8 Å². The van der Waals surface area contributed by atoms with Gasteiger partial charge in [0.1, 0.15) is 5.75 Å². The SMILES string of the molecule is CCCCCCCCC1CCC(c2ccc(-c3ccc(OC(=O)CCCCC)cc3)cc2)CC1. The molecule has 1 fully saturated rings. The van der Waals surface area contributed by atoms with Gasteiger partial charge >= 0.3 is 5.97 Å². The van der Waals surface area contributed by atoms with Crippen LogP contribution in [0.1, 0.15) is 122 Å². The van der Waals surface area contributed by atoms with Crippen LogP contribution in [0.15, 0.2) is 48.5 Å². The number of esters is 1. The number of hydrogen-bond acceptors (Lipinski definition) is 2. The van der Waals surface area contributed by atoms with Crippen molar-refractivity contribution in [2.45, 2.75) is 116 Å². The number of hydrogen-bond donors (Lipinski definition) is 0. The van der Waals surface area contributed by atoms with E-state index < -0.39 is 0 Å². The van der Waals surface area contributed by atoms with Gasteiger partial charge in [0, 0.05) is 6.42 Å². The highest BCUT2D eigenvalue weighted by Crippen LogP contribution is 2.38. The van der Waals surface area contributed by atoms with Crippen LogP contribution in [0.4, 0.5) is 0 Å². The second kappa shape index (κ2) is 15.0. The average Bonchev–Trinajstić information content (AvgIpc) is 2.87. The molecule has 186 valence electrons. The van der Waals surface area contributed by atoms with E-state index in [0.717, 1.165) is 31.1 Å². The summed E-state index contributed by atoms with van der Waals surface area (Å²) in [5, 5.41) is 0. The third-order valence-electron chi connectivity index (χ3n) is 7.60. The van der Waals surface area contributed by atoms with Crippen LogP contribution in [0.2, 0.25) is 0 Å². The van der Waals surface area contributed by atoms with Gasteiger partial charge in [-0.3, -0.25) is 4.79 Å². The number of carbonyl (C=O) groups is 1. The van der Waals surface area contributed by atoms with E-state index >= 15 is 0 Å². The summed E-state index contributed by atoms with van der Waals surface area (Å²) in [4.78, 5) is 11.9. The van der Waals surface area contributed by atoms with Gasteiger partial charge in [-0.2, -0.15) is 0 Å². The number of benzene rings is 2.